The molecule has 32 valence electrons. The SMILES string of the molecule is [2H]OC([2H])([2H])C([2H])(O)C([2H])([2H])[2H]. The van der Waals surface area contributed by atoms with Crippen LogP contribution in [0.1, 0.15) is 15.1 Å². The summed E-state index contributed by atoms with van der Waals surface area (Å²) in [4.78, 5) is 0. The van der Waals surface area contributed by atoms with Gasteiger partial charge in [0.25, 0.3) is 0 Å². The minimum Gasteiger partial charge on any atom is -0.394 e. The Kier molecular flexibility index (Phi) is 0.276. The van der Waals surface area contributed by atoms with Gasteiger partial charge in [0.2, 0.25) is 1.43 Å². The predicted octanol–water partition coefficient (Wildman–Crippen LogP) is -0.641. The summed E-state index contributed by atoms with van der Waals surface area (Å²) in [5.74, 6) is 0. The summed E-state index contributed by atoms with van der Waals surface area (Å²) in [6.07, 6.45) is -3.44. The Hall–Kier alpha value is -0.0800. The lowest BCUT2D eigenvalue weighted by molar-refractivity contribution is 0.110. The molecule has 0 aliphatic rings. The fraction of sp³-hybridized carbons (Fsp3) is 1.00. The maximum absolute atomic E-state index is 8.86. The number of rotatable bonds is 2. The average molecular weight is 83.1 g/mol. The molecule has 0 amide bonds. The Morgan fingerprint density at radius 3 is 3.80 bits per heavy atom. The van der Waals surface area contributed by atoms with Crippen molar-refractivity contribution in [3.8, 4) is 0 Å². The summed E-state index contributed by atoms with van der Waals surface area (Å²) in [5, 5.41) is 12.2. The molecule has 0 aliphatic carbocycles. The van der Waals surface area contributed by atoms with Gasteiger partial charge in [-0.2, -0.15) is 0 Å². The monoisotopic (exact) mass is 83.1 g/mol. The van der Waals surface area contributed by atoms with Crippen molar-refractivity contribution in [2.24, 2.45) is 0 Å². The quantitative estimate of drug-likeness (QED) is 0.466. The first kappa shape index (κ1) is 0.634. The largest absolute Gasteiger partial charge is 0.394 e. The fourth-order valence-corrected chi connectivity index (χ4v) is 0. The molecule has 1 atom stereocenters. The van der Waals surface area contributed by atoms with Crippen LogP contribution in [0.25, 0.3) is 0 Å². The highest BCUT2D eigenvalue weighted by Crippen LogP contribution is 1.68. The van der Waals surface area contributed by atoms with E-state index in [0.29, 0.717) is 0 Å². The van der Waals surface area contributed by atoms with Gasteiger partial charge in [-0.25, -0.2) is 0 Å². The molecular formula is C3H8O2. The van der Waals surface area contributed by atoms with Crippen molar-refractivity contribution in [3.05, 3.63) is 0 Å². The molecule has 0 aliphatic heterocycles. The lowest BCUT2D eigenvalue weighted by atomic mass is 10.5. The van der Waals surface area contributed by atoms with Crippen molar-refractivity contribution in [2.45, 2.75) is 12.9 Å². The van der Waals surface area contributed by atoms with Gasteiger partial charge in [0.15, 0.2) is 0 Å². The van der Waals surface area contributed by atoms with Crippen LogP contribution in [0.5, 0.6) is 0 Å². The second kappa shape index (κ2) is 2.18. The van der Waals surface area contributed by atoms with E-state index >= 15 is 0 Å². The van der Waals surface area contributed by atoms with Crippen LogP contribution in [0.15, 0.2) is 0 Å². The maximum Gasteiger partial charge on any atom is 0.210 e. The smallest absolute Gasteiger partial charge is 0.210 e. The summed E-state index contributed by atoms with van der Waals surface area (Å²) in [5.41, 5.74) is 0. The van der Waals surface area contributed by atoms with E-state index in [2.05, 4.69) is 5.11 Å². The maximum atomic E-state index is 8.86. The van der Waals surface area contributed by atoms with E-state index in [1.54, 1.807) is 0 Å². The van der Waals surface area contributed by atoms with E-state index in [9.17, 15) is 0 Å². The van der Waals surface area contributed by atoms with Crippen LogP contribution in [0, 0.1) is 0 Å². The molecule has 0 spiro atoms. The summed E-state index contributed by atoms with van der Waals surface area (Å²) in [7, 11) is 0. The van der Waals surface area contributed by atoms with Gasteiger partial charge in [-0.15, -0.1) is 0 Å². The van der Waals surface area contributed by atoms with Crippen LogP contribution in [-0.4, -0.2) is 24.3 Å². The van der Waals surface area contributed by atoms with Crippen molar-refractivity contribution in [1.29, 1.82) is 1.43 Å². The third-order valence-corrected chi connectivity index (χ3v) is 0.0967. The standard InChI is InChI=1S/C3H8O2/c1-3(5)2-4/h3-5H,2H2,1H3/i1D3,2D2,3D,4D. The van der Waals surface area contributed by atoms with E-state index in [0.717, 1.165) is 0 Å². The van der Waals surface area contributed by atoms with Gasteiger partial charge in [0, 0.05) is 4.11 Å². The Bertz CT molecular complexity index is 161. The molecule has 0 radical (unpaired) electrons. The van der Waals surface area contributed by atoms with Gasteiger partial charge in [0.1, 0.15) is 0 Å². The molecule has 0 heterocycles. The fourth-order valence-electron chi connectivity index (χ4n) is 0. The van der Waals surface area contributed by atoms with Crippen LogP contribution in [0.3, 0.4) is 0 Å². The van der Waals surface area contributed by atoms with Crippen LogP contribution < -0.4 is 0 Å². The van der Waals surface area contributed by atoms with Gasteiger partial charge in [0.05, 0.1) is 16.8 Å². The zero-order valence-corrected chi connectivity index (χ0v) is 2.36. The normalized spacial score (nSPS) is 47.0. The van der Waals surface area contributed by atoms with Gasteiger partial charge in [-0.1, -0.05) is 0 Å². The van der Waals surface area contributed by atoms with Crippen molar-refractivity contribution >= 4 is 0 Å². The molecule has 0 saturated carbocycles. The third-order valence-electron chi connectivity index (χ3n) is 0.0967. The second-order valence-electron chi connectivity index (χ2n) is 0.451. The number of hydrogen-bond donors (Lipinski definition) is 2. The highest BCUT2D eigenvalue weighted by Gasteiger charge is 1.83. The van der Waals surface area contributed by atoms with Gasteiger partial charge in [-0.3, -0.25) is 0 Å². The van der Waals surface area contributed by atoms with E-state index in [1.165, 1.54) is 0 Å². The van der Waals surface area contributed by atoms with Crippen LogP contribution in [-0.2, 0) is 0 Å². The third kappa shape index (κ3) is 3.92. The summed E-state index contributed by atoms with van der Waals surface area (Å²) in [6.45, 7) is -6.52. The molecule has 2 nitrogen and oxygen atoms in total. The van der Waals surface area contributed by atoms with Crippen molar-refractivity contribution in [2.75, 3.05) is 6.56 Å². The van der Waals surface area contributed by atoms with Crippen molar-refractivity contribution in [3.63, 3.8) is 0 Å². The molecule has 0 aromatic rings. The number of hydrogen-bond acceptors (Lipinski definition) is 2. The van der Waals surface area contributed by atoms with E-state index in [-0.39, 0.29) is 0 Å². The summed E-state index contributed by atoms with van der Waals surface area (Å²) >= 11 is 0. The minimum absolute atomic E-state index is 3.25. The molecule has 0 rings (SSSR count). The molecule has 1 unspecified atom stereocenters. The first-order chi connectivity index (χ1) is 5.06. The molecule has 2 heteroatoms. The van der Waals surface area contributed by atoms with E-state index < -0.39 is 19.5 Å². The Labute approximate surface area is 41.0 Å². The highest BCUT2D eigenvalue weighted by molar-refractivity contribution is 4.33. The zero-order chi connectivity index (χ0) is 10.2. The molecular weight excluding hydrogens is 68.0 g/mol. The zero-order valence-electron chi connectivity index (χ0n) is 9.36. The van der Waals surface area contributed by atoms with Crippen LogP contribution in [0.4, 0.5) is 0 Å². The Morgan fingerprint density at radius 1 is 2.80 bits per heavy atom. The molecule has 0 aromatic carbocycles. The lowest BCUT2D eigenvalue weighted by Gasteiger charge is -1.90. The van der Waals surface area contributed by atoms with Gasteiger partial charge >= 0.3 is 0 Å². The van der Waals surface area contributed by atoms with Crippen molar-refractivity contribution < 1.29 is 18.4 Å². The molecule has 0 aromatic heterocycles. The first-order valence-electron chi connectivity index (χ1n) is 4.34. The minimum atomic E-state index is -3.44. The van der Waals surface area contributed by atoms with Crippen LogP contribution >= 0.6 is 0 Å². The Morgan fingerprint density at radius 2 is 3.60 bits per heavy atom. The molecule has 2 N–H and O–H groups in total. The topological polar surface area (TPSA) is 40.5 Å². The van der Waals surface area contributed by atoms with Gasteiger partial charge in [-0.05, 0) is 6.85 Å². The Balaban J connectivity index is 4.85. The van der Waals surface area contributed by atoms with Crippen LogP contribution in [0.2, 0.25) is 0 Å². The first-order valence-corrected chi connectivity index (χ1v) is 0.928. The summed E-state index contributed by atoms with van der Waals surface area (Å²) in [6, 6.07) is 0. The molecule has 0 fully saturated rings. The second-order valence-corrected chi connectivity index (χ2v) is 0.451. The highest BCUT2D eigenvalue weighted by atomic mass is 16.3. The molecule has 0 saturated heterocycles. The molecule has 5 heavy (non-hydrogen) atoms. The van der Waals surface area contributed by atoms with E-state index in [4.69, 9.17) is 14.8 Å². The predicted molar refractivity (Wildman–Crippen MR) is 18.8 cm³/mol. The molecule has 0 bridgehead atoms. The lowest BCUT2D eigenvalue weighted by Crippen LogP contribution is -2.03. The number of aliphatic hydroxyl groups is 2. The average Bonchev–Trinajstić information content (AvgIpc) is 1.85. The summed E-state index contributed by atoms with van der Waals surface area (Å²) < 4.78 is 46.0. The van der Waals surface area contributed by atoms with Gasteiger partial charge < -0.3 is 10.2 Å². The van der Waals surface area contributed by atoms with Crippen molar-refractivity contribution in [1.82, 2.24) is 0 Å². The van der Waals surface area contributed by atoms with E-state index in [1.807, 2.05) is 0 Å².